The summed E-state index contributed by atoms with van der Waals surface area (Å²) in [7, 11) is 1.00. The van der Waals surface area contributed by atoms with Crippen molar-refractivity contribution in [2.45, 2.75) is 45.6 Å². The van der Waals surface area contributed by atoms with Crippen LogP contribution < -0.4 is 5.32 Å². The lowest BCUT2D eigenvalue weighted by molar-refractivity contribution is -0.125. The molecule has 0 aromatic heterocycles. The molecule has 26 heavy (non-hydrogen) atoms. The first-order valence-electron chi connectivity index (χ1n) is 8.17. The number of fused-ring (bicyclic) bond motifs is 1. The Morgan fingerprint density at radius 3 is 2.23 bits per heavy atom. The van der Waals surface area contributed by atoms with Gasteiger partial charge >= 0.3 is 0 Å². The molecular formula is C18H23FN2O5. The molecule has 7 nitrogen and oxygen atoms in total. The monoisotopic (exact) mass is 366 g/mol. The van der Waals surface area contributed by atoms with Gasteiger partial charge in [-0.2, -0.15) is 0 Å². The van der Waals surface area contributed by atoms with Crippen LogP contribution in [0.2, 0.25) is 0 Å². The Morgan fingerprint density at radius 1 is 1.19 bits per heavy atom. The van der Waals surface area contributed by atoms with Gasteiger partial charge in [-0.05, 0) is 37.0 Å². The molecule has 0 aliphatic carbocycles. The predicted octanol–water partition coefficient (Wildman–Crippen LogP) is 1.59. The summed E-state index contributed by atoms with van der Waals surface area (Å²) >= 11 is 0. The molecule has 1 aromatic carbocycles. The summed E-state index contributed by atoms with van der Waals surface area (Å²) in [5.41, 5.74) is 0.621. The Kier molecular flexibility index (Phi) is 7.57. The summed E-state index contributed by atoms with van der Waals surface area (Å²) in [6.45, 7) is 5.24. The molecule has 2 rings (SSSR count). The standard InChI is InChI=1S/C17H19FN2O4.CH4O/c1-9(2)11-6-12-13(7-14(11)18)17(24)20(16(12)23)10(3)4-5-15(22)19-8-21;1-2/h6-10H,4-5H2,1-3H3,(H,19,21,22);2H,1H3. The molecule has 0 saturated heterocycles. The highest BCUT2D eigenvalue weighted by Gasteiger charge is 2.39. The van der Waals surface area contributed by atoms with E-state index in [4.69, 9.17) is 5.11 Å². The second kappa shape index (κ2) is 9.19. The predicted molar refractivity (Wildman–Crippen MR) is 92.0 cm³/mol. The minimum Gasteiger partial charge on any atom is -0.400 e. The Labute approximate surface area is 151 Å². The molecule has 1 aliphatic heterocycles. The molecule has 1 heterocycles. The SMILES string of the molecule is CC(C)c1cc2c(cc1F)C(=O)N(C(C)CCC(=O)NC=O)C2=O.CO. The third-order valence-electron chi connectivity index (χ3n) is 4.11. The zero-order valence-corrected chi connectivity index (χ0v) is 15.2. The van der Waals surface area contributed by atoms with E-state index in [0.29, 0.717) is 5.56 Å². The molecule has 0 radical (unpaired) electrons. The van der Waals surface area contributed by atoms with Crippen LogP contribution in [0.1, 0.15) is 65.8 Å². The molecule has 1 aliphatic rings. The summed E-state index contributed by atoms with van der Waals surface area (Å²) in [4.78, 5) is 47.5. The van der Waals surface area contributed by atoms with Gasteiger partial charge < -0.3 is 5.11 Å². The zero-order valence-electron chi connectivity index (χ0n) is 15.2. The Bertz CT molecular complexity index is 718. The lowest BCUT2D eigenvalue weighted by atomic mass is 9.97. The minimum atomic E-state index is -0.562. The molecule has 0 fully saturated rings. The highest BCUT2D eigenvalue weighted by Crippen LogP contribution is 2.30. The van der Waals surface area contributed by atoms with Crippen LogP contribution in [-0.2, 0) is 9.59 Å². The fourth-order valence-electron chi connectivity index (χ4n) is 2.75. The number of hydrogen-bond acceptors (Lipinski definition) is 5. The molecule has 1 atom stereocenters. The van der Waals surface area contributed by atoms with E-state index in [2.05, 4.69) is 0 Å². The zero-order chi connectivity index (χ0) is 20.0. The molecule has 1 aromatic rings. The van der Waals surface area contributed by atoms with Crippen LogP contribution >= 0.6 is 0 Å². The lowest BCUT2D eigenvalue weighted by Crippen LogP contribution is -2.38. The molecule has 1 unspecified atom stereocenters. The summed E-state index contributed by atoms with van der Waals surface area (Å²) in [5.74, 6) is -2.16. The fourth-order valence-corrected chi connectivity index (χ4v) is 2.75. The number of hydrogen-bond donors (Lipinski definition) is 2. The van der Waals surface area contributed by atoms with Gasteiger partial charge in [-0.1, -0.05) is 13.8 Å². The molecule has 0 spiro atoms. The minimum absolute atomic E-state index is 0.00107. The van der Waals surface area contributed by atoms with Crippen molar-refractivity contribution >= 4 is 24.1 Å². The van der Waals surface area contributed by atoms with E-state index in [1.165, 1.54) is 6.07 Å². The van der Waals surface area contributed by atoms with Gasteiger partial charge in [0.15, 0.2) is 0 Å². The maximum absolute atomic E-state index is 14.1. The van der Waals surface area contributed by atoms with Crippen molar-refractivity contribution < 1.29 is 28.7 Å². The molecular weight excluding hydrogens is 343 g/mol. The van der Waals surface area contributed by atoms with Crippen LogP contribution in [0.3, 0.4) is 0 Å². The molecule has 0 saturated carbocycles. The normalized spacial score (nSPS) is 13.9. The number of halogens is 1. The number of amides is 4. The first-order valence-corrected chi connectivity index (χ1v) is 8.17. The Morgan fingerprint density at radius 2 is 1.73 bits per heavy atom. The first kappa shape index (κ1) is 21.4. The van der Waals surface area contributed by atoms with Crippen molar-refractivity contribution in [2.75, 3.05) is 7.11 Å². The molecule has 4 amide bonds. The quantitative estimate of drug-likeness (QED) is 0.588. The average molecular weight is 366 g/mol. The number of carbonyl (C=O) groups is 4. The van der Waals surface area contributed by atoms with Gasteiger partial charge in [-0.25, -0.2) is 4.39 Å². The number of benzene rings is 1. The maximum Gasteiger partial charge on any atom is 0.261 e. The van der Waals surface area contributed by atoms with Crippen LogP contribution in [-0.4, -0.2) is 47.3 Å². The van der Waals surface area contributed by atoms with E-state index in [0.717, 1.165) is 18.1 Å². The summed E-state index contributed by atoms with van der Waals surface area (Å²) in [6.07, 6.45) is 0.495. The van der Waals surface area contributed by atoms with E-state index >= 15 is 0 Å². The fraction of sp³-hybridized carbons (Fsp3) is 0.444. The molecule has 8 heteroatoms. The number of aliphatic hydroxyl groups is 1. The number of carbonyl (C=O) groups excluding carboxylic acids is 4. The molecule has 0 bridgehead atoms. The summed E-state index contributed by atoms with van der Waals surface area (Å²) in [5, 5.41) is 9.00. The second-order valence-corrected chi connectivity index (χ2v) is 6.13. The number of rotatable bonds is 6. The van der Waals surface area contributed by atoms with Crippen LogP contribution in [0.5, 0.6) is 0 Å². The number of nitrogens with one attached hydrogen (secondary N) is 1. The summed E-state index contributed by atoms with van der Waals surface area (Å²) < 4.78 is 14.1. The number of nitrogens with zero attached hydrogens (tertiary/aromatic N) is 1. The van der Waals surface area contributed by atoms with Gasteiger partial charge in [0.2, 0.25) is 12.3 Å². The van der Waals surface area contributed by atoms with Crippen LogP contribution in [0.4, 0.5) is 4.39 Å². The topological polar surface area (TPSA) is 104 Å². The third-order valence-corrected chi connectivity index (χ3v) is 4.11. The highest BCUT2D eigenvalue weighted by atomic mass is 19.1. The highest BCUT2D eigenvalue weighted by molar-refractivity contribution is 6.21. The maximum atomic E-state index is 14.1. The Hall–Kier alpha value is -2.61. The smallest absolute Gasteiger partial charge is 0.261 e. The van der Waals surface area contributed by atoms with E-state index in [1.54, 1.807) is 20.8 Å². The van der Waals surface area contributed by atoms with E-state index < -0.39 is 29.6 Å². The first-order chi connectivity index (χ1) is 12.3. The van der Waals surface area contributed by atoms with Crippen molar-refractivity contribution in [3.63, 3.8) is 0 Å². The van der Waals surface area contributed by atoms with Crippen LogP contribution in [0.15, 0.2) is 12.1 Å². The lowest BCUT2D eigenvalue weighted by Gasteiger charge is -2.22. The Balaban J connectivity index is 0.00000163. The number of imide groups is 2. The van der Waals surface area contributed by atoms with Gasteiger partial charge in [-0.3, -0.25) is 29.4 Å². The van der Waals surface area contributed by atoms with Crippen LogP contribution in [0, 0.1) is 5.82 Å². The van der Waals surface area contributed by atoms with Gasteiger partial charge in [0.25, 0.3) is 11.8 Å². The average Bonchev–Trinajstić information content (AvgIpc) is 2.84. The van der Waals surface area contributed by atoms with Crippen molar-refractivity contribution in [1.29, 1.82) is 0 Å². The van der Waals surface area contributed by atoms with Crippen LogP contribution in [0.25, 0.3) is 0 Å². The van der Waals surface area contributed by atoms with Crippen molar-refractivity contribution in [1.82, 2.24) is 10.2 Å². The van der Waals surface area contributed by atoms with E-state index in [-0.39, 0.29) is 36.3 Å². The van der Waals surface area contributed by atoms with Crippen molar-refractivity contribution in [3.05, 3.63) is 34.6 Å². The summed E-state index contributed by atoms with van der Waals surface area (Å²) in [6, 6.07) is 2.00. The third kappa shape index (κ3) is 4.32. The van der Waals surface area contributed by atoms with Gasteiger partial charge in [-0.15, -0.1) is 0 Å². The molecule has 142 valence electrons. The van der Waals surface area contributed by atoms with Gasteiger partial charge in [0.1, 0.15) is 5.82 Å². The second-order valence-electron chi connectivity index (χ2n) is 6.13. The van der Waals surface area contributed by atoms with Crippen molar-refractivity contribution in [3.8, 4) is 0 Å². The number of aliphatic hydroxyl groups excluding tert-OH is 1. The van der Waals surface area contributed by atoms with E-state index in [1.807, 2.05) is 5.32 Å². The molecule has 2 N–H and O–H groups in total. The largest absolute Gasteiger partial charge is 0.400 e. The van der Waals surface area contributed by atoms with Gasteiger partial charge in [0.05, 0.1) is 11.1 Å². The van der Waals surface area contributed by atoms with Crippen molar-refractivity contribution in [2.24, 2.45) is 0 Å². The van der Waals surface area contributed by atoms with Gasteiger partial charge in [0, 0.05) is 19.6 Å². The van der Waals surface area contributed by atoms with E-state index in [9.17, 15) is 23.6 Å².